The highest BCUT2D eigenvalue weighted by atomic mass is 32.2. The SMILES string of the molecule is CS(=O)(=O)N1CC(C(=O)NCCN2CCOCC2)C1. The van der Waals surface area contributed by atoms with Gasteiger partial charge in [0.2, 0.25) is 15.9 Å². The van der Waals surface area contributed by atoms with Gasteiger partial charge >= 0.3 is 0 Å². The quantitative estimate of drug-likeness (QED) is 0.655. The number of hydrogen-bond acceptors (Lipinski definition) is 5. The van der Waals surface area contributed by atoms with Crippen LogP contribution < -0.4 is 5.32 Å². The third kappa shape index (κ3) is 4.13. The summed E-state index contributed by atoms with van der Waals surface area (Å²) < 4.78 is 28.9. The summed E-state index contributed by atoms with van der Waals surface area (Å²) >= 11 is 0. The van der Waals surface area contributed by atoms with Crippen LogP contribution in [0.5, 0.6) is 0 Å². The fourth-order valence-corrected chi connectivity index (χ4v) is 3.08. The predicted molar refractivity (Wildman–Crippen MR) is 70.2 cm³/mol. The summed E-state index contributed by atoms with van der Waals surface area (Å²) in [7, 11) is -3.14. The minimum atomic E-state index is -3.14. The van der Waals surface area contributed by atoms with Crippen molar-refractivity contribution in [1.29, 1.82) is 0 Å². The van der Waals surface area contributed by atoms with Gasteiger partial charge < -0.3 is 10.1 Å². The van der Waals surface area contributed by atoms with Gasteiger partial charge in [-0.3, -0.25) is 9.69 Å². The van der Waals surface area contributed by atoms with Crippen LogP contribution in [0.25, 0.3) is 0 Å². The van der Waals surface area contributed by atoms with Crippen LogP contribution in [0, 0.1) is 5.92 Å². The van der Waals surface area contributed by atoms with Crippen molar-refractivity contribution in [2.75, 3.05) is 58.7 Å². The summed E-state index contributed by atoms with van der Waals surface area (Å²) in [5.41, 5.74) is 0. The van der Waals surface area contributed by atoms with Crippen LogP contribution in [0.4, 0.5) is 0 Å². The molecular formula is C11H21N3O4S. The average molecular weight is 291 g/mol. The van der Waals surface area contributed by atoms with Crippen LogP contribution in [-0.2, 0) is 19.6 Å². The Morgan fingerprint density at radius 2 is 1.95 bits per heavy atom. The van der Waals surface area contributed by atoms with Crippen molar-refractivity contribution >= 4 is 15.9 Å². The molecule has 0 aromatic carbocycles. The molecule has 2 heterocycles. The van der Waals surface area contributed by atoms with Crippen molar-refractivity contribution in [2.24, 2.45) is 5.92 Å². The van der Waals surface area contributed by atoms with E-state index in [1.165, 1.54) is 10.6 Å². The molecule has 0 aliphatic carbocycles. The summed E-state index contributed by atoms with van der Waals surface area (Å²) in [6.07, 6.45) is 1.17. The van der Waals surface area contributed by atoms with Gasteiger partial charge in [-0.2, -0.15) is 0 Å². The van der Waals surface area contributed by atoms with Gasteiger partial charge in [0.25, 0.3) is 0 Å². The molecule has 0 spiro atoms. The van der Waals surface area contributed by atoms with Crippen molar-refractivity contribution in [1.82, 2.24) is 14.5 Å². The molecule has 0 aromatic rings. The highest BCUT2D eigenvalue weighted by Crippen LogP contribution is 2.18. The second kappa shape index (κ2) is 6.17. The first kappa shape index (κ1) is 14.7. The molecule has 0 unspecified atom stereocenters. The Labute approximate surface area is 113 Å². The van der Waals surface area contributed by atoms with Gasteiger partial charge in [-0.25, -0.2) is 12.7 Å². The summed E-state index contributed by atoms with van der Waals surface area (Å²) in [5.74, 6) is -0.243. The number of rotatable bonds is 5. The molecule has 19 heavy (non-hydrogen) atoms. The molecule has 2 fully saturated rings. The molecule has 0 radical (unpaired) electrons. The van der Waals surface area contributed by atoms with Gasteiger partial charge in [0, 0.05) is 39.3 Å². The lowest BCUT2D eigenvalue weighted by molar-refractivity contribution is -0.128. The molecule has 1 N–H and O–H groups in total. The van der Waals surface area contributed by atoms with Gasteiger partial charge in [-0.05, 0) is 0 Å². The van der Waals surface area contributed by atoms with Crippen LogP contribution in [0.1, 0.15) is 0 Å². The number of sulfonamides is 1. The molecule has 1 amide bonds. The second-order valence-electron chi connectivity index (χ2n) is 5.02. The molecule has 2 aliphatic heterocycles. The first-order valence-corrected chi connectivity index (χ1v) is 8.34. The Hall–Kier alpha value is -0.700. The normalized spacial score (nSPS) is 23.0. The molecule has 2 rings (SSSR count). The minimum Gasteiger partial charge on any atom is -0.379 e. The molecule has 0 bridgehead atoms. The van der Waals surface area contributed by atoms with Gasteiger partial charge in [0.15, 0.2) is 0 Å². The highest BCUT2D eigenvalue weighted by Gasteiger charge is 2.37. The lowest BCUT2D eigenvalue weighted by atomic mass is 10.0. The Morgan fingerprint density at radius 3 is 2.53 bits per heavy atom. The van der Waals surface area contributed by atoms with E-state index in [1.54, 1.807) is 0 Å². The summed E-state index contributed by atoms with van der Waals surface area (Å²) in [6, 6.07) is 0. The molecule has 7 nitrogen and oxygen atoms in total. The minimum absolute atomic E-state index is 0.0480. The number of amides is 1. The zero-order valence-electron chi connectivity index (χ0n) is 11.2. The number of nitrogens with one attached hydrogen (secondary N) is 1. The fraction of sp³-hybridized carbons (Fsp3) is 0.909. The van der Waals surface area contributed by atoms with Gasteiger partial charge in [0.05, 0.1) is 25.4 Å². The van der Waals surface area contributed by atoms with Crippen molar-refractivity contribution in [3.8, 4) is 0 Å². The fourth-order valence-electron chi connectivity index (χ4n) is 2.18. The number of hydrogen-bond donors (Lipinski definition) is 1. The first-order chi connectivity index (χ1) is 8.97. The summed E-state index contributed by atoms with van der Waals surface area (Å²) in [6.45, 7) is 5.35. The molecule has 0 saturated carbocycles. The molecular weight excluding hydrogens is 270 g/mol. The average Bonchev–Trinajstić information content (AvgIpc) is 2.26. The lowest BCUT2D eigenvalue weighted by Gasteiger charge is -2.36. The smallest absolute Gasteiger partial charge is 0.225 e. The van der Waals surface area contributed by atoms with E-state index in [9.17, 15) is 13.2 Å². The van der Waals surface area contributed by atoms with Crippen LogP contribution in [0.2, 0.25) is 0 Å². The topological polar surface area (TPSA) is 79.0 Å². The first-order valence-electron chi connectivity index (χ1n) is 6.50. The standard InChI is InChI=1S/C11H21N3O4S/c1-19(16,17)14-8-10(9-14)11(15)12-2-3-13-4-6-18-7-5-13/h10H,2-9H2,1H3,(H,12,15). The lowest BCUT2D eigenvalue weighted by Crippen LogP contribution is -2.55. The predicted octanol–water partition coefficient (Wildman–Crippen LogP) is -1.67. The maximum atomic E-state index is 11.8. The van der Waals surface area contributed by atoms with E-state index in [1.807, 2.05) is 0 Å². The van der Waals surface area contributed by atoms with Crippen LogP contribution in [0.15, 0.2) is 0 Å². The molecule has 2 aliphatic rings. The van der Waals surface area contributed by atoms with Crippen LogP contribution in [-0.4, -0.2) is 82.3 Å². The second-order valence-corrected chi connectivity index (χ2v) is 7.00. The maximum Gasteiger partial charge on any atom is 0.225 e. The van der Waals surface area contributed by atoms with Crippen molar-refractivity contribution < 1.29 is 17.9 Å². The third-order valence-electron chi connectivity index (χ3n) is 3.52. The van der Waals surface area contributed by atoms with Crippen molar-refractivity contribution in [3.05, 3.63) is 0 Å². The molecule has 0 aromatic heterocycles. The molecule has 8 heteroatoms. The molecule has 2 saturated heterocycles. The Kier molecular flexibility index (Phi) is 4.77. The van der Waals surface area contributed by atoms with Crippen LogP contribution in [0.3, 0.4) is 0 Å². The third-order valence-corrected chi connectivity index (χ3v) is 4.75. The number of carbonyl (C=O) groups excluding carboxylic acids is 1. The number of nitrogens with zero attached hydrogens (tertiary/aromatic N) is 2. The number of carbonyl (C=O) groups is 1. The van der Waals surface area contributed by atoms with E-state index in [0.717, 1.165) is 32.8 Å². The van der Waals surface area contributed by atoms with E-state index in [-0.39, 0.29) is 11.8 Å². The van der Waals surface area contributed by atoms with Crippen LogP contribution >= 0.6 is 0 Å². The Morgan fingerprint density at radius 1 is 1.32 bits per heavy atom. The van der Waals surface area contributed by atoms with E-state index < -0.39 is 10.0 Å². The van der Waals surface area contributed by atoms with E-state index in [4.69, 9.17) is 4.74 Å². The number of morpholine rings is 1. The molecule has 110 valence electrons. The zero-order chi connectivity index (χ0) is 13.9. The zero-order valence-corrected chi connectivity index (χ0v) is 12.0. The summed E-state index contributed by atoms with van der Waals surface area (Å²) in [4.78, 5) is 14.0. The largest absolute Gasteiger partial charge is 0.379 e. The molecule has 0 atom stereocenters. The Balaban J connectivity index is 1.61. The van der Waals surface area contributed by atoms with Gasteiger partial charge in [-0.15, -0.1) is 0 Å². The van der Waals surface area contributed by atoms with E-state index in [2.05, 4.69) is 10.2 Å². The van der Waals surface area contributed by atoms with Gasteiger partial charge in [-0.1, -0.05) is 0 Å². The van der Waals surface area contributed by atoms with Crippen molar-refractivity contribution in [3.63, 3.8) is 0 Å². The maximum absolute atomic E-state index is 11.8. The monoisotopic (exact) mass is 291 g/mol. The van der Waals surface area contributed by atoms with Gasteiger partial charge in [0.1, 0.15) is 0 Å². The van der Waals surface area contributed by atoms with Crippen molar-refractivity contribution in [2.45, 2.75) is 0 Å². The highest BCUT2D eigenvalue weighted by molar-refractivity contribution is 7.88. The Bertz CT molecular complexity index is 414. The number of ether oxygens (including phenoxy) is 1. The van der Waals surface area contributed by atoms with E-state index >= 15 is 0 Å². The van der Waals surface area contributed by atoms with E-state index in [0.29, 0.717) is 19.6 Å². The summed E-state index contributed by atoms with van der Waals surface area (Å²) in [5, 5.41) is 2.86.